The van der Waals surface area contributed by atoms with Crippen molar-refractivity contribution in [3.63, 3.8) is 0 Å². The van der Waals surface area contributed by atoms with Gasteiger partial charge < -0.3 is 24.8 Å². The third-order valence-electron chi connectivity index (χ3n) is 3.72. The minimum Gasteiger partial charge on any atom is -1.00 e. The van der Waals surface area contributed by atoms with Crippen molar-refractivity contribution in [1.29, 1.82) is 0 Å². The molecule has 0 atom stereocenters. The summed E-state index contributed by atoms with van der Waals surface area (Å²) in [4.78, 5) is 0. The van der Waals surface area contributed by atoms with E-state index in [0.717, 1.165) is 12.8 Å². The quantitative estimate of drug-likeness (QED) is 0.537. The molecule has 0 aliphatic heterocycles. The molecule has 0 heterocycles. The fourth-order valence-corrected chi connectivity index (χ4v) is 2.42. The average Bonchev–Trinajstić information content (AvgIpc) is 3.03. The summed E-state index contributed by atoms with van der Waals surface area (Å²) in [5.41, 5.74) is 5.65. The first-order chi connectivity index (χ1) is 9.65. The molecule has 0 nitrogen and oxygen atoms in total. The van der Waals surface area contributed by atoms with Gasteiger partial charge in [-0.15, -0.1) is 0 Å². The maximum Gasteiger partial charge on any atom is 4.00 e. The molecule has 0 aromatic rings. The molecule has 0 unspecified atom stereocenters. The smallest absolute Gasteiger partial charge is 1.00 e. The molecule has 128 valence electrons. The van der Waals surface area contributed by atoms with Gasteiger partial charge in [0.1, 0.15) is 0 Å². The van der Waals surface area contributed by atoms with E-state index in [2.05, 4.69) is 52.0 Å². The van der Waals surface area contributed by atoms with Crippen molar-refractivity contribution in [3.05, 3.63) is 46.6 Å². The van der Waals surface area contributed by atoms with E-state index in [-0.39, 0.29) is 51.0 Å². The predicted octanol–water partition coefficient (Wildman–Crippen LogP) is 0.518. The fraction of sp³-hybridized carbons (Fsp3) is 0.600. The number of hydrogen-bond acceptors (Lipinski definition) is 0. The zero-order chi connectivity index (χ0) is 14.8. The Labute approximate surface area is 175 Å². The van der Waals surface area contributed by atoms with E-state index in [9.17, 15) is 0 Å². The Balaban J connectivity index is -0.000000308. The van der Waals surface area contributed by atoms with Gasteiger partial charge in [0.15, 0.2) is 0 Å². The van der Waals surface area contributed by atoms with Crippen LogP contribution in [-0.4, -0.2) is 0 Å². The third kappa shape index (κ3) is 13.4. The summed E-state index contributed by atoms with van der Waals surface area (Å²) in [6.07, 6.45) is 21.3. The van der Waals surface area contributed by atoms with Crippen molar-refractivity contribution in [1.82, 2.24) is 0 Å². The van der Waals surface area contributed by atoms with Crippen LogP contribution in [0.15, 0.2) is 34.4 Å². The van der Waals surface area contributed by atoms with Gasteiger partial charge >= 0.3 is 26.2 Å². The number of unbranched alkanes of at least 4 members (excludes halogenated alkanes) is 2. The van der Waals surface area contributed by atoms with E-state index in [4.69, 9.17) is 0 Å². The Hall–Kier alpha value is 0.423. The average molecular weight is 433 g/mol. The van der Waals surface area contributed by atoms with Gasteiger partial charge in [0.25, 0.3) is 0 Å². The SMILES string of the molecule is CCCCC1=[C-]C(C)=CC1.CCCCC1=[C-]C(C)=CC1.[Cl-].[Cl-].[Zr+4]. The second kappa shape index (κ2) is 17.3. The summed E-state index contributed by atoms with van der Waals surface area (Å²) >= 11 is 0. The van der Waals surface area contributed by atoms with Crippen LogP contribution >= 0.6 is 0 Å². The van der Waals surface area contributed by atoms with E-state index in [1.807, 2.05) is 0 Å². The minimum atomic E-state index is 0. The minimum absolute atomic E-state index is 0. The number of hydrogen-bond donors (Lipinski definition) is 0. The molecule has 0 bridgehead atoms. The van der Waals surface area contributed by atoms with Crippen LogP contribution in [0.4, 0.5) is 0 Å². The Kier molecular flexibility index (Phi) is 21.2. The molecule has 0 radical (unpaired) electrons. The molecule has 0 aromatic carbocycles. The van der Waals surface area contributed by atoms with Crippen LogP contribution in [0.2, 0.25) is 0 Å². The molecule has 0 fully saturated rings. The van der Waals surface area contributed by atoms with Crippen LogP contribution in [0, 0.1) is 12.2 Å². The van der Waals surface area contributed by atoms with Crippen molar-refractivity contribution in [2.24, 2.45) is 0 Å². The van der Waals surface area contributed by atoms with Crippen molar-refractivity contribution in [2.45, 2.75) is 79.1 Å². The van der Waals surface area contributed by atoms with Gasteiger partial charge in [-0.2, -0.15) is 11.1 Å². The van der Waals surface area contributed by atoms with Crippen LogP contribution in [0.25, 0.3) is 0 Å². The molecular weight excluding hydrogens is 402 g/mol. The maximum absolute atomic E-state index is 3.37. The summed E-state index contributed by atoms with van der Waals surface area (Å²) in [5, 5.41) is 0. The molecule has 2 aliphatic rings. The van der Waals surface area contributed by atoms with Crippen molar-refractivity contribution in [3.8, 4) is 0 Å². The number of allylic oxidation sites excluding steroid dienone is 8. The van der Waals surface area contributed by atoms with Gasteiger partial charge in [-0.05, 0) is 0 Å². The number of rotatable bonds is 6. The molecule has 2 rings (SSSR count). The summed E-state index contributed by atoms with van der Waals surface area (Å²) in [7, 11) is 0. The summed E-state index contributed by atoms with van der Waals surface area (Å²) in [6, 6.07) is 0. The first-order valence-electron chi connectivity index (χ1n) is 8.22. The van der Waals surface area contributed by atoms with Crippen LogP contribution in [0.3, 0.4) is 0 Å². The first-order valence-corrected chi connectivity index (χ1v) is 8.22. The van der Waals surface area contributed by atoms with E-state index in [1.54, 1.807) is 0 Å². The maximum atomic E-state index is 3.37. The molecule has 23 heavy (non-hydrogen) atoms. The summed E-state index contributed by atoms with van der Waals surface area (Å²) in [6.45, 7) is 8.71. The second-order valence-corrected chi connectivity index (χ2v) is 5.85. The molecule has 0 aromatic heterocycles. The van der Waals surface area contributed by atoms with Gasteiger partial charge in [0.05, 0.1) is 0 Å². The predicted molar refractivity (Wildman–Crippen MR) is 89.3 cm³/mol. The third-order valence-corrected chi connectivity index (χ3v) is 3.72. The molecule has 2 aliphatic carbocycles. The Morgan fingerprint density at radius 3 is 1.35 bits per heavy atom. The van der Waals surface area contributed by atoms with Gasteiger partial charge in [-0.1, -0.05) is 79.1 Å². The Morgan fingerprint density at radius 2 is 1.13 bits per heavy atom. The van der Waals surface area contributed by atoms with E-state index in [0.29, 0.717) is 0 Å². The van der Waals surface area contributed by atoms with Gasteiger partial charge in [0.2, 0.25) is 0 Å². The number of halogens is 2. The molecule has 0 N–H and O–H groups in total. The zero-order valence-electron chi connectivity index (χ0n) is 15.1. The van der Waals surface area contributed by atoms with Crippen LogP contribution in [0.1, 0.15) is 79.1 Å². The van der Waals surface area contributed by atoms with E-state index in [1.165, 1.54) is 60.8 Å². The van der Waals surface area contributed by atoms with Crippen LogP contribution in [-0.2, 0) is 26.2 Å². The topological polar surface area (TPSA) is 0 Å². The summed E-state index contributed by atoms with van der Waals surface area (Å²) in [5.74, 6) is 0. The first kappa shape index (κ1) is 28.2. The normalized spacial score (nSPS) is 14.8. The van der Waals surface area contributed by atoms with Crippen LogP contribution in [0.5, 0.6) is 0 Å². The Morgan fingerprint density at radius 1 is 0.783 bits per heavy atom. The van der Waals surface area contributed by atoms with Gasteiger partial charge in [0, 0.05) is 0 Å². The van der Waals surface area contributed by atoms with Crippen molar-refractivity contribution in [2.75, 3.05) is 0 Å². The summed E-state index contributed by atoms with van der Waals surface area (Å²) < 4.78 is 0. The van der Waals surface area contributed by atoms with Crippen molar-refractivity contribution < 1.29 is 51.0 Å². The largest absolute Gasteiger partial charge is 4.00 e. The molecule has 0 saturated carbocycles. The molecular formula is C20H30Cl2Zr. The van der Waals surface area contributed by atoms with Gasteiger partial charge in [-0.3, -0.25) is 0 Å². The molecule has 0 spiro atoms. The standard InChI is InChI=1S/2C10H15.2ClH.Zr/c2*1-3-4-5-10-7-6-9(2)8-10;;;/h2*6H,3-5,7H2,1-2H3;2*1H;/q2*-1;;;+4/p-2. The molecule has 3 heteroatoms. The second-order valence-electron chi connectivity index (χ2n) is 5.85. The zero-order valence-corrected chi connectivity index (χ0v) is 19.0. The van der Waals surface area contributed by atoms with E-state index < -0.39 is 0 Å². The Bertz CT molecular complexity index is 377. The van der Waals surface area contributed by atoms with Crippen LogP contribution < -0.4 is 24.8 Å². The van der Waals surface area contributed by atoms with Crippen molar-refractivity contribution >= 4 is 0 Å². The fourth-order valence-electron chi connectivity index (χ4n) is 2.42. The molecule has 0 amide bonds. The van der Waals surface area contributed by atoms with E-state index >= 15 is 0 Å². The monoisotopic (exact) mass is 430 g/mol. The molecule has 0 saturated heterocycles. The van der Waals surface area contributed by atoms with Gasteiger partial charge in [-0.25, -0.2) is 35.5 Å².